The molecule has 0 bridgehead atoms. The van der Waals surface area contributed by atoms with Gasteiger partial charge in [-0.3, -0.25) is 4.99 Å². The van der Waals surface area contributed by atoms with Crippen LogP contribution < -0.4 is 5.32 Å². The summed E-state index contributed by atoms with van der Waals surface area (Å²) in [6, 6.07) is 10.5. The molecule has 1 aliphatic rings. The summed E-state index contributed by atoms with van der Waals surface area (Å²) in [6.45, 7) is 2.04. The molecule has 1 aromatic rings. The highest BCUT2D eigenvalue weighted by Gasteiger charge is 2.25. The van der Waals surface area contributed by atoms with Gasteiger partial charge in [0.25, 0.3) is 0 Å². The third kappa shape index (κ3) is 3.34. The molecule has 102 valence electrons. The van der Waals surface area contributed by atoms with E-state index in [0.29, 0.717) is 0 Å². The van der Waals surface area contributed by atoms with Gasteiger partial charge in [0.2, 0.25) is 0 Å². The van der Waals surface area contributed by atoms with E-state index in [1.54, 1.807) is 0 Å². The molecule has 1 N–H and O–H groups in total. The average Bonchev–Trinajstić information content (AvgIpc) is 2.95. The van der Waals surface area contributed by atoms with Crippen LogP contribution in [0.4, 0.5) is 4.79 Å². The molecule has 2 unspecified atom stereocenters. The van der Waals surface area contributed by atoms with Crippen LogP contribution in [0.1, 0.15) is 37.8 Å². The van der Waals surface area contributed by atoms with E-state index in [9.17, 15) is 4.79 Å². The standard InChI is InChI=1S/C15H20N2O2/c1-3-12(17-15(18)19-2)14-10-9-13(16-14)11-7-5-4-6-8-11/h4-8,12-13H,3,9-10H2,1-2H3,(H,17,18). The minimum absolute atomic E-state index is 0.0128. The SMILES string of the molecule is CCC(NC(=O)OC)C1=NC(c2ccccc2)CC1. The fourth-order valence-electron chi connectivity index (χ4n) is 2.42. The molecule has 0 fully saturated rings. The molecule has 0 radical (unpaired) electrons. The normalized spacial score (nSPS) is 19.7. The molecule has 0 saturated carbocycles. The number of nitrogens with zero attached hydrogens (tertiary/aromatic N) is 1. The number of carbonyl (C=O) groups excluding carboxylic acids is 1. The van der Waals surface area contributed by atoms with Crippen LogP contribution in [-0.2, 0) is 4.74 Å². The van der Waals surface area contributed by atoms with E-state index in [1.165, 1.54) is 12.7 Å². The maximum absolute atomic E-state index is 11.3. The zero-order chi connectivity index (χ0) is 13.7. The maximum Gasteiger partial charge on any atom is 0.407 e. The number of hydrogen-bond acceptors (Lipinski definition) is 3. The Morgan fingerprint density at radius 1 is 1.47 bits per heavy atom. The molecular weight excluding hydrogens is 240 g/mol. The second kappa shape index (κ2) is 6.36. The number of benzene rings is 1. The summed E-state index contributed by atoms with van der Waals surface area (Å²) < 4.78 is 4.65. The van der Waals surface area contributed by atoms with Crippen LogP contribution in [0.2, 0.25) is 0 Å². The Bertz CT molecular complexity index is 456. The lowest BCUT2D eigenvalue weighted by atomic mass is 10.0. The van der Waals surface area contributed by atoms with Gasteiger partial charge in [-0.15, -0.1) is 0 Å². The van der Waals surface area contributed by atoms with Crippen molar-refractivity contribution in [1.82, 2.24) is 5.32 Å². The van der Waals surface area contributed by atoms with Gasteiger partial charge in [-0.1, -0.05) is 37.3 Å². The summed E-state index contributed by atoms with van der Waals surface area (Å²) in [6.07, 6.45) is 2.38. The van der Waals surface area contributed by atoms with Crippen molar-refractivity contribution in [2.24, 2.45) is 4.99 Å². The Labute approximate surface area is 113 Å². The van der Waals surface area contributed by atoms with Gasteiger partial charge in [0, 0.05) is 5.71 Å². The third-order valence-electron chi connectivity index (χ3n) is 3.47. The van der Waals surface area contributed by atoms with Crippen molar-refractivity contribution < 1.29 is 9.53 Å². The van der Waals surface area contributed by atoms with Crippen molar-refractivity contribution in [2.75, 3.05) is 7.11 Å². The molecule has 4 nitrogen and oxygen atoms in total. The Balaban J connectivity index is 2.07. The number of aliphatic imine (C=N–C) groups is 1. The first kappa shape index (κ1) is 13.6. The molecule has 1 aromatic carbocycles. The summed E-state index contributed by atoms with van der Waals surface area (Å²) in [5.41, 5.74) is 2.31. The van der Waals surface area contributed by atoms with E-state index in [2.05, 4.69) is 22.2 Å². The van der Waals surface area contributed by atoms with Crippen molar-refractivity contribution in [3.8, 4) is 0 Å². The van der Waals surface area contributed by atoms with E-state index in [1.807, 2.05) is 25.1 Å². The number of methoxy groups -OCH3 is 1. The molecule has 2 rings (SSSR count). The molecule has 1 amide bonds. The number of nitrogens with one attached hydrogen (secondary N) is 1. The first-order chi connectivity index (χ1) is 9.24. The number of amides is 1. The van der Waals surface area contributed by atoms with Gasteiger partial charge in [0.1, 0.15) is 0 Å². The Hall–Kier alpha value is -1.84. The van der Waals surface area contributed by atoms with E-state index in [4.69, 9.17) is 4.99 Å². The molecule has 19 heavy (non-hydrogen) atoms. The quantitative estimate of drug-likeness (QED) is 0.904. The zero-order valence-corrected chi connectivity index (χ0v) is 11.4. The van der Waals surface area contributed by atoms with E-state index < -0.39 is 6.09 Å². The summed E-state index contributed by atoms with van der Waals surface area (Å²) in [5.74, 6) is 0. The fourth-order valence-corrected chi connectivity index (χ4v) is 2.42. The second-order valence-corrected chi connectivity index (χ2v) is 4.68. The average molecular weight is 260 g/mol. The Morgan fingerprint density at radius 2 is 2.21 bits per heavy atom. The zero-order valence-electron chi connectivity index (χ0n) is 11.4. The smallest absolute Gasteiger partial charge is 0.407 e. The number of ether oxygens (including phenoxy) is 1. The van der Waals surface area contributed by atoms with Crippen molar-refractivity contribution in [2.45, 2.75) is 38.3 Å². The summed E-state index contributed by atoms with van der Waals surface area (Å²) in [4.78, 5) is 16.1. The lowest BCUT2D eigenvalue weighted by Crippen LogP contribution is -2.39. The van der Waals surface area contributed by atoms with Crippen LogP contribution in [-0.4, -0.2) is 25.0 Å². The van der Waals surface area contributed by atoms with Gasteiger partial charge in [-0.2, -0.15) is 0 Å². The topological polar surface area (TPSA) is 50.7 Å². The molecule has 1 aliphatic heterocycles. The minimum Gasteiger partial charge on any atom is -0.453 e. The van der Waals surface area contributed by atoms with Crippen LogP contribution >= 0.6 is 0 Å². The number of alkyl carbamates (subject to hydrolysis) is 1. The number of hydrogen-bond donors (Lipinski definition) is 1. The van der Waals surface area contributed by atoms with Crippen molar-refractivity contribution in [3.63, 3.8) is 0 Å². The van der Waals surface area contributed by atoms with Gasteiger partial charge in [0.15, 0.2) is 0 Å². The van der Waals surface area contributed by atoms with Crippen LogP contribution in [0.5, 0.6) is 0 Å². The third-order valence-corrected chi connectivity index (χ3v) is 3.47. The molecule has 0 spiro atoms. The Morgan fingerprint density at radius 3 is 2.84 bits per heavy atom. The number of carbonyl (C=O) groups is 1. The molecule has 0 aromatic heterocycles. The lowest BCUT2D eigenvalue weighted by Gasteiger charge is -2.15. The highest BCUT2D eigenvalue weighted by atomic mass is 16.5. The second-order valence-electron chi connectivity index (χ2n) is 4.68. The largest absolute Gasteiger partial charge is 0.453 e. The van der Waals surface area contributed by atoms with Crippen LogP contribution in [0.25, 0.3) is 0 Å². The highest BCUT2D eigenvalue weighted by Crippen LogP contribution is 2.29. The number of rotatable bonds is 4. The van der Waals surface area contributed by atoms with Crippen LogP contribution in [0.15, 0.2) is 35.3 Å². The predicted octanol–water partition coefficient (Wildman–Crippen LogP) is 3.10. The van der Waals surface area contributed by atoms with Gasteiger partial charge < -0.3 is 10.1 Å². The summed E-state index contributed by atoms with van der Waals surface area (Å²) in [5, 5.41) is 2.84. The Kier molecular flexibility index (Phi) is 4.55. The monoisotopic (exact) mass is 260 g/mol. The highest BCUT2D eigenvalue weighted by molar-refractivity contribution is 5.93. The van der Waals surface area contributed by atoms with Crippen molar-refractivity contribution in [1.29, 1.82) is 0 Å². The maximum atomic E-state index is 11.3. The lowest BCUT2D eigenvalue weighted by molar-refractivity contribution is 0.169. The molecule has 1 heterocycles. The van der Waals surface area contributed by atoms with Crippen LogP contribution in [0.3, 0.4) is 0 Å². The molecule has 4 heteroatoms. The van der Waals surface area contributed by atoms with E-state index >= 15 is 0 Å². The molecule has 0 aliphatic carbocycles. The summed E-state index contributed by atoms with van der Waals surface area (Å²) >= 11 is 0. The van der Waals surface area contributed by atoms with Gasteiger partial charge >= 0.3 is 6.09 Å². The van der Waals surface area contributed by atoms with Gasteiger partial charge in [-0.05, 0) is 24.8 Å². The minimum atomic E-state index is -0.391. The molecule has 2 atom stereocenters. The van der Waals surface area contributed by atoms with Crippen LogP contribution in [0, 0.1) is 0 Å². The fraction of sp³-hybridized carbons (Fsp3) is 0.467. The van der Waals surface area contributed by atoms with Gasteiger partial charge in [-0.25, -0.2) is 4.79 Å². The summed E-state index contributed by atoms with van der Waals surface area (Å²) in [7, 11) is 1.38. The predicted molar refractivity (Wildman–Crippen MR) is 75.5 cm³/mol. The van der Waals surface area contributed by atoms with E-state index in [0.717, 1.165) is 25.0 Å². The molecular formula is C15H20N2O2. The van der Waals surface area contributed by atoms with Crippen molar-refractivity contribution >= 4 is 11.8 Å². The first-order valence-electron chi connectivity index (χ1n) is 6.70. The molecule has 0 saturated heterocycles. The van der Waals surface area contributed by atoms with E-state index in [-0.39, 0.29) is 12.1 Å². The first-order valence-corrected chi connectivity index (χ1v) is 6.70. The van der Waals surface area contributed by atoms with Crippen molar-refractivity contribution in [3.05, 3.63) is 35.9 Å². The van der Waals surface area contributed by atoms with Gasteiger partial charge in [0.05, 0.1) is 19.2 Å².